The smallest absolute Gasteiger partial charge is 0.306 e. The average molecular weight is 784 g/mol. The molecule has 58 heavy (non-hydrogen) atoms. The number of aromatic nitrogens is 2. The summed E-state index contributed by atoms with van der Waals surface area (Å²) >= 11 is 0. The van der Waals surface area contributed by atoms with Crippen LogP contribution in [0.1, 0.15) is 90.1 Å². The molecule has 3 aromatic carbocycles. The van der Waals surface area contributed by atoms with Gasteiger partial charge in [0.2, 0.25) is 11.8 Å². The summed E-state index contributed by atoms with van der Waals surface area (Å²) in [5.41, 5.74) is 7.27. The van der Waals surface area contributed by atoms with Gasteiger partial charge >= 0.3 is 11.9 Å². The summed E-state index contributed by atoms with van der Waals surface area (Å²) in [6.07, 6.45) is 6.70. The highest BCUT2D eigenvalue weighted by molar-refractivity contribution is 6.05. The van der Waals surface area contributed by atoms with Crippen molar-refractivity contribution < 1.29 is 28.7 Å². The van der Waals surface area contributed by atoms with Gasteiger partial charge in [-0.05, 0) is 107 Å². The predicted molar refractivity (Wildman–Crippen MR) is 222 cm³/mol. The van der Waals surface area contributed by atoms with Crippen molar-refractivity contribution in [3.05, 3.63) is 72.2 Å². The van der Waals surface area contributed by atoms with E-state index in [0.29, 0.717) is 18.3 Å². The summed E-state index contributed by atoms with van der Waals surface area (Å²) < 4.78 is 9.86. The number of rotatable bonds is 12. The monoisotopic (exact) mass is 783 g/mol. The minimum atomic E-state index is -0.426. The highest BCUT2D eigenvalue weighted by Crippen LogP contribution is 2.54. The Morgan fingerprint density at radius 1 is 0.707 bits per heavy atom. The first-order valence-corrected chi connectivity index (χ1v) is 21.0. The molecule has 4 fully saturated rings. The zero-order valence-corrected chi connectivity index (χ0v) is 34.2. The normalized spacial score (nSPS) is 25.4. The second kappa shape index (κ2) is 14.8. The molecule has 1 aromatic heterocycles. The summed E-state index contributed by atoms with van der Waals surface area (Å²) in [5, 5.41) is 2.27. The van der Waals surface area contributed by atoms with Crippen molar-refractivity contribution in [2.75, 3.05) is 14.2 Å². The summed E-state index contributed by atoms with van der Waals surface area (Å²) in [6, 6.07) is 19.7. The Kier molecular flexibility index (Phi) is 9.76. The van der Waals surface area contributed by atoms with Crippen LogP contribution in [0.25, 0.3) is 38.5 Å². The van der Waals surface area contributed by atoms with Crippen LogP contribution >= 0.6 is 0 Å². The number of benzene rings is 3. The van der Waals surface area contributed by atoms with Crippen molar-refractivity contribution in [1.82, 2.24) is 19.8 Å². The minimum absolute atomic E-state index is 0.0141. The number of aliphatic imine (C=N–C) groups is 1. The number of esters is 2. The number of nitrogens with zero attached hydrogens (tertiary/aromatic N) is 4. The number of allylic oxidation sites excluding steroid dienone is 1. The molecule has 4 heterocycles. The molecule has 2 saturated carbocycles. The van der Waals surface area contributed by atoms with Crippen molar-refractivity contribution in [2.45, 2.75) is 96.8 Å². The second-order valence-corrected chi connectivity index (χ2v) is 18.0. The SMILES string of the molecule is COC(=O)C[C@H](C(=O)N1[C@@H]2C[C@@H]2C[C@H]1C1=NC=C(c2ccc3cc(-c4ccc5nc([C@@H]6C[C@H]7C[C@H]7N6C(=O)[C@@H](CC(=O)OC)C(C)C)[nH]c5c4)ccc3c2)C1)C(C)C. The molecule has 0 spiro atoms. The van der Waals surface area contributed by atoms with E-state index in [-0.39, 0.29) is 72.6 Å². The lowest BCUT2D eigenvalue weighted by atomic mass is 9.89. The van der Waals surface area contributed by atoms with Crippen LogP contribution in [0.3, 0.4) is 0 Å². The zero-order chi connectivity index (χ0) is 40.6. The van der Waals surface area contributed by atoms with Crippen molar-refractivity contribution in [1.29, 1.82) is 0 Å². The number of nitrogens with one attached hydrogen (secondary N) is 1. The minimum Gasteiger partial charge on any atom is -0.469 e. The van der Waals surface area contributed by atoms with Gasteiger partial charge in [-0.2, -0.15) is 0 Å². The van der Waals surface area contributed by atoms with Gasteiger partial charge in [0.05, 0.1) is 62.0 Å². The van der Waals surface area contributed by atoms with E-state index < -0.39 is 11.8 Å². The molecular formula is C47H53N5O6. The molecule has 1 N–H and O–H groups in total. The third kappa shape index (κ3) is 6.90. The van der Waals surface area contributed by atoms with E-state index in [1.165, 1.54) is 14.2 Å². The van der Waals surface area contributed by atoms with Gasteiger partial charge in [-0.15, -0.1) is 0 Å². The van der Waals surface area contributed by atoms with E-state index in [4.69, 9.17) is 19.5 Å². The van der Waals surface area contributed by atoms with Crippen LogP contribution in [0, 0.1) is 35.5 Å². The summed E-state index contributed by atoms with van der Waals surface area (Å²) in [6.45, 7) is 7.98. The lowest BCUT2D eigenvalue weighted by Gasteiger charge is -2.32. The van der Waals surface area contributed by atoms with Crippen molar-refractivity contribution in [2.24, 2.45) is 40.5 Å². The Bertz CT molecular complexity index is 2390. The number of hydrogen-bond donors (Lipinski definition) is 1. The Balaban J connectivity index is 0.893. The molecule has 2 amide bonds. The van der Waals surface area contributed by atoms with Gasteiger partial charge in [-0.25, -0.2) is 4.98 Å². The predicted octanol–water partition coefficient (Wildman–Crippen LogP) is 7.89. The number of aromatic amines is 1. The van der Waals surface area contributed by atoms with Crippen LogP contribution in [-0.4, -0.2) is 81.6 Å². The van der Waals surface area contributed by atoms with Gasteiger partial charge in [-0.1, -0.05) is 58.0 Å². The Morgan fingerprint density at radius 2 is 1.24 bits per heavy atom. The van der Waals surface area contributed by atoms with Crippen molar-refractivity contribution in [3.63, 3.8) is 0 Å². The van der Waals surface area contributed by atoms with Crippen LogP contribution in [0.15, 0.2) is 65.8 Å². The molecular weight excluding hydrogens is 731 g/mol. The first kappa shape index (κ1) is 38.2. The van der Waals surface area contributed by atoms with E-state index >= 15 is 0 Å². The van der Waals surface area contributed by atoms with Gasteiger partial charge in [0.15, 0.2) is 0 Å². The number of methoxy groups -OCH3 is 2. The number of carbonyl (C=O) groups excluding carboxylic acids is 4. The third-order valence-electron chi connectivity index (χ3n) is 13.7. The number of imidazole rings is 1. The fourth-order valence-electron chi connectivity index (χ4n) is 10.0. The lowest BCUT2D eigenvalue weighted by Crippen LogP contribution is -2.47. The molecule has 0 bridgehead atoms. The molecule has 8 atom stereocenters. The van der Waals surface area contributed by atoms with Gasteiger partial charge < -0.3 is 24.3 Å². The highest BCUT2D eigenvalue weighted by atomic mass is 16.5. The van der Waals surface area contributed by atoms with E-state index in [1.54, 1.807) is 0 Å². The van der Waals surface area contributed by atoms with E-state index in [0.717, 1.165) is 81.3 Å². The van der Waals surface area contributed by atoms with Gasteiger partial charge in [-0.3, -0.25) is 24.2 Å². The molecule has 0 unspecified atom stereocenters. The van der Waals surface area contributed by atoms with E-state index in [2.05, 4.69) is 58.4 Å². The molecule has 2 aliphatic carbocycles. The Hall–Kier alpha value is -5.32. The molecule has 0 radical (unpaired) electrons. The molecule has 4 aromatic rings. The van der Waals surface area contributed by atoms with Crippen molar-refractivity contribution >= 4 is 56.8 Å². The summed E-state index contributed by atoms with van der Waals surface area (Å²) in [5.74, 6) is 0.378. The fraction of sp³-hybridized carbons (Fsp3) is 0.489. The van der Waals surface area contributed by atoms with Gasteiger partial charge in [0.25, 0.3) is 0 Å². The first-order valence-electron chi connectivity index (χ1n) is 21.0. The summed E-state index contributed by atoms with van der Waals surface area (Å²) in [7, 11) is 2.75. The van der Waals surface area contributed by atoms with Crippen molar-refractivity contribution in [3.8, 4) is 11.1 Å². The van der Waals surface area contributed by atoms with Crippen LogP contribution in [-0.2, 0) is 28.7 Å². The number of piperidine rings is 2. The number of amides is 2. The first-order chi connectivity index (χ1) is 27.9. The average Bonchev–Trinajstić information content (AvgIpc) is 3.84. The maximum absolute atomic E-state index is 13.9. The van der Waals surface area contributed by atoms with Gasteiger partial charge in [0, 0.05) is 30.4 Å². The second-order valence-electron chi connectivity index (χ2n) is 18.0. The molecule has 302 valence electrons. The molecule has 3 aliphatic heterocycles. The number of H-pyrrole nitrogens is 1. The fourth-order valence-corrected chi connectivity index (χ4v) is 10.0. The van der Waals surface area contributed by atoms with Crippen LogP contribution in [0.4, 0.5) is 0 Å². The molecule has 2 saturated heterocycles. The number of carbonyl (C=O) groups is 4. The molecule has 11 nitrogen and oxygen atoms in total. The van der Waals surface area contributed by atoms with E-state index in [1.807, 2.05) is 44.9 Å². The number of fused-ring (bicyclic) bond motifs is 4. The van der Waals surface area contributed by atoms with Crippen LogP contribution in [0.2, 0.25) is 0 Å². The quantitative estimate of drug-likeness (QED) is 0.145. The van der Waals surface area contributed by atoms with E-state index in [9.17, 15) is 19.2 Å². The Labute approximate surface area is 339 Å². The molecule has 9 rings (SSSR count). The van der Waals surface area contributed by atoms with Crippen LogP contribution in [0.5, 0.6) is 0 Å². The lowest BCUT2D eigenvalue weighted by molar-refractivity contribution is -0.149. The maximum atomic E-state index is 13.9. The Morgan fingerprint density at radius 3 is 1.84 bits per heavy atom. The number of ether oxygens (including phenoxy) is 2. The summed E-state index contributed by atoms with van der Waals surface area (Å²) in [4.78, 5) is 69.8. The van der Waals surface area contributed by atoms with Crippen LogP contribution < -0.4 is 0 Å². The topological polar surface area (TPSA) is 134 Å². The molecule has 11 heteroatoms. The van der Waals surface area contributed by atoms with Gasteiger partial charge in [0.1, 0.15) is 5.82 Å². The standard InChI is InChI=1S/C47H53N5O6/c1-24(2)34(21-43(53)57-5)46(55)51-39-17-31(39)19-41(51)38-16-33(23-48-38)29-10-9-26-13-28(8-7-27(26)14-29)30-11-12-36-37(15-30)50-45(49-36)42-20-32-18-40(32)52(42)47(56)35(25(3)4)22-44(54)58-6/h7-15,23-25,31-32,34-35,39-42H,16-22H2,1-6H3,(H,49,50)/t31-,32-,34+,35+,39-,40-,41+,42+/m1/s1. The number of hydrogen-bond acceptors (Lipinski definition) is 8. The molecule has 5 aliphatic rings. The maximum Gasteiger partial charge on any atom is 0.306 e. The highest BCUT2D eigenvalue weighted by Gasteiger charge is 2.57. The third-order valence-corrected chi connectivity index (χ3v) is 13.7. The zero-order valence-electron chi connectivity index (χ0n) is 34.2. The largest absolute Gasteiger partial charge is 0.469 e. The number of likely N-dealkylation sites (tertiary alicyclic amines) is 2.